The van der Waals surface area contributed by atoms with Gasteiger partial charge in [-0.3, -0.25) is 9.89 Å². The molecule has 3 aliphatic rings. The Labute approximate surface area is 162 Å². The van der Waals surface area contributed by atoms with Gasteiger partial charge in [-0.25, -0.2) is 13.6 Å². The maximum atomic E-state index is 12.6. The van der Waals surface area contributed by atoms with Crippen molar-refractivity contribution in [2.24, 2.45) is 11.3 Å². The molecule has 0 aromatic carbocycles. The highest BCUT2D eigenvalue weighted by Gasteiger charge is 2.55. The predicted octanol–water partition coefficient (Wildman–Crippen LogP) is 2.32. The molecule has 1 saturated carbocycles. The van der Waals surface area contributed by atoms with E-state index in [4.69, 9.17) is 0 Å². The van der Waals surface area contributed by atoms with Crippen LogP contribution in [-0.2, 0) is 11.2 Å². The van der Waals surface area contributed by atoms with Gasteiger partial charge in [0.1, 0.15) is 5.69 Å². The third-order valence-electron chi connectivity index (χ3n) is 6.52. The molecule has 2 saturated heterocycles. The van der Waals surface area contributed by atoms with E-state index in [1.54, 1.807) is 4.90 Å². The van der Waals surface area contributed by atoms with E-state index in [2.05, 4.69) is 15.5 Å². The number of likely N-dealkylation sites (tertiary alicyclic amines) is 2. The fraction of sp³-hybridized carbons (Fsp3) is 0.737. The van der Waals surface area contributed by atoms with Crippen LogP contribution < -0.4 is 5.32 Å². The number of aromatic amines is 1. The van der Waals surface area contributed by atoms with E-state index in [-0.39, 0.29) is 28.6 Å². The van der Waals surface area contributed by atoms with E-state index < -0.39 is 6.43 Å². The van der Waals surface area contributed by atoms with Gasteiger partial charge in [-0.2, -0.15) is 5.10 Å². The zero-order chi connectivity index (χ0) is 20.1. The molecule has 3 heterocycles. The molecule has 2 N–H and O–H groups in total. The number of halogens is 2. The topological polar surface area (TPSA) is 81.3 Å². The highest BCUT2D eigenvalue weighted by Crippen LogP contribution is 2.53. The standard InChI is InChI=1S/C19H27F2N5O2/c1-3-19(22-12(2)27)10-26(11-19)17(28)25-8-18(9-25)6-13(7-18)4-14-5-15(16(20)21)24-23-14/h5,13,16H,3-4,6-11H2,1-2H3,(H,22,27)(H,23,24). The van der Waals surface area contributed by atoms with Gasteiger partial charge in [0.15, 0.2) is 0 Å². The van der Waals surface area contributed by atoms with Crippen LogP contribution in [0.15, 0.2) is 6.07 Å². The Morgan fingerprint density at radius 2 is 1.93 bits per heavy atom. The summed E-state index contributed by atoms with van der Waals surface area (Å²) < 4.78 is 25.2. The van der Waals surface area contributed by atoms with Crippen LogP contribution in [0.25, 0.3) is 0 Å². The molecule has 0 unspecified atom stereocenters. The highest BCUT2D eigenvalue weighted by molar-refractivity contribution is 5.79. The number of carbonyl (C=O) groups excluding carboxylic acids is 2. The first-order valence-electron chi connectivity index (χ1n) is 9.88. The lowest BCUT2D eigenvalue weighted by Gasteiger charge is -2.61. The molecule has 7 nitrogen and oxygen atoms in total. The Bertz CT molecular complexity index is 760. The Balaban J connectivity index is 1.20. The second-order valence-corrected chi connectivity index (χ2v) is 8.91. The average Bonchev–Trinajstić information content (AvgIpc) is 2.99. The minimum Gasteiger partial charge on any atom is -0.347 e. The average molecular weight is 395 g/mol. The molecule has 0 atom stereocenters. The Morgan fingerprint density at radius 3 is 2.46 bits per heavy atom. The molecule has 1 aromatic heterocycles. The number of aromatic nitrogens is 2. The number of H-pyrrole nitrogens is 1. The maximum absolute atomic E-state index is 12.6. The van der Waals surface area contributed by atoms with Crippen molar-refractivity contribution >= 4 is 11.9 Å². The van der Waals surface area contributed by atoms with E-state index in [0.717, 1.165) is 44.5 Å². The van der Waals surface area contributed by atoms with Crippen molar-refractivity contribution in [3.05, 3.63) is 17.5 Å². The minimum atomic E-state index is -2.54. The summed E-state index contributed by atoms with van der Waals surface area (Å²) >= 11 is 0. The number of alkyl halides is 2. The molecule has 9 heteroatoms. The Kier molecular flexibility index (Phi) is 4.58. The first-order chi connectivity index (χ1) is 13.2. The van der Waals surface area contributed by atoms with Crippen molar-refractivity contribution in [2.75, 3.05) is 26.2 Å². The lowest BCUT2D eigenvalue weighted by atomic mass is 9.57. The van der Waals surface area contributed by atoms with E-state index in [0.29, 0.717) is 19.0 Å². The molecule has 1 aromatic rings. The van der Waals surface area contributed by atoms with Crippen molar-refractivity contribution in [3.63, 3.8) is 0 Å². The Morgan fingerprint density at radius 1 is 1.29 bits per heavy atom. The molecular weight excluding hydrogens is 368 g/mol. The number of amides is 3. The quantitative estimate of drug-likeness (QED) is 0.803. The lowest BCUT2D eigenvalue weighted by molar-refractivity contribution is -0.123. The van der Waals surface area contributed by atoms with Crippen molar-refractivity contribution in [3.8, 4) is 0 Å². The van der Waals surface area contributed by atoms with E-state index >= 15 is 0 Å². The monoisotopic (exact) mass is 395 g/mol. The van der Waals surface area contributed by atoms with E-state index in [9.17, 15) is 18.4 Å². The third kappa shape index (κ3) is 3.35. The smallest absolute Gasteiger partial charge is 0.320 e. The molecule has 3 fully saturated rings. The van der Waals surface area contributed by atoms with Crippen LogP contribution in [0.1, 0.15) is 50.9 Å². The molecular formula is C19H27F2N5O2. The van der Waals surface area contributed by atoms with E-state index in [1.165, 1.54) is 13.0 Å². The van der Waals surface area contributed by atoms with Gasteiger partial charge in [0.25, 0.3) is 6.43 Å². The third-order valence-corrected chi connectivity index (χ3v) is 6.52. The SMILES string of the molecule is CCC1(NC(C)=O)CN(C(=O)N2CC3(CC(Cc4cc(C(F)F)n[nH]4)C3)C2)C1. The molecule has 3 amide bonds. The fourth-order valence-corrected chi connectivity index (χ4v) is 5.16. The zero-order valence-electron chi connectivity index (χ0n) is 16.3. The van der Waals surface area contributed by atoms with Gasteiger partial charge < -0.3 is 15.1 Å². The minimum absolute atomic E-state index is 0.0543. The van der Waals surface area contributed by atoms with Crippen molar-refractivity contribution in [2.45, 2.75) is 51.5 Å². The number of hydrogen-bond donors (Lipinski definition) is 2. The van der Waals surface area contributed by atoms with Crippen LogP contribution in [-0.4, -0.2) is 63.7 Å². The number of urea groups is 1. The highest BCUT2D eigenvalue weighted by atomic mass is 19.3. The molecule has 1 aliphatic carbocycles. The van der Waals surface area contributed by atoms with E-state index in [1.807, 2.05) is 11.8 Å². The summed E-state index contributed by atoms with van der Waals surface area (Å²) in [5, 5.41) is 9.32. The molecule has 28 heavy (non-hydrogen) atoms. The molecule has 4 rings (SSSR count). The summed E-state index contributed by atoms with van der Waals surface area (Å²) in [6.45, 7) is 6.20. The number of hydrogen-bond acceptors (Lipinski definition) is 3. The lowest BCUT2D eigenvalue weighted by Crippen LogP contribution is -2.74. The van der Waals surface area contributed by atoms with Gasteiger partial charge in [0.2, 0.25) is 5.91 Å². The summed E-state index contributed by atoms with van der Waals surface area (Å²) in [7, 11) is 0. The van der Waals surface area contributed by atoms with Crippen LogP contribution in [0, 0.1) is 11.3 Å². The van der Waals surface area contributed by atoms with Gasteiger partial charge in [0.05, 0.1) is 5.54 Å². The summed E-state index contributed by atoms with van der Waals surface area (Å²) in [6, 6.07) is 1.50. The van der Waals surface area contributed by atoms with Gasteiger partial charge >= 0.3 is 6.03 Å². The summed E-state index contributed by atoms with van der Waals surface area (Å²) in [5.74, 6) is 0.398. The van der Waals surface area contributed by atoms with Gasteiger partial charge in [0, 0.05) is 44.2 Å². The number of carbonyl (C=O) groups is 2. The van der Waals surface area contributed by atoms with Gasteiger partial charge in [-0.05, 0) is 37.7 Å². The Hall–Kier alpha value is -2.19. The second kappa shape index (κ2) is 6.70. The molecule has 1 spiro atoms. The number of nitrogens with one attached hydrogen (secondary N) is 2. The second-order valence-electron chi connectivity index (χ2n) is 8.91. The van der Waals surface area contributed by atoms with Crippen LogP contribution in [0.3, 0.4) is 0 Å². The number of rotatable bonds is 5. The van der Waals surface area contributed by atoms with Crippen LogP contribution in [0.2, 0.25) is 0 Å². The summed E-state index contributed by atoms with van der Waals surface area (Å²) in [5.41, 5.74) is 0.501. The van der Waals surface area contributed by atoms with Gasteiger partial charge in [-0.15, -0.1) is 0 Å². The van der Waals surface area contributed by atoms with Gasteiger partial charge in [-0.1, -0.05) is 6.92 Å². The maximum Gasteiger partial charge on any atom is 0.320 e. The van der Waals surface area contributed by atoms with Crippen molar-refractivity contribution < 1.29 is 18.4 Å². The fourth-order valence-electron chi connectivity index (χ4n) is 5.16. The molecule has 0 bridgehead atoms. The summed E-state index contributed by atoms with van der Waals surface area (Å²) in [6.07, 6.45) is 1.04. The molecule has 0 radical (unpaired) electrons. The molecule has 2 aliphatic heterocycles. The number of nitrogens with zero attached hydrogens (tertiary/aromatic N) is 3. The van der Waals surface area contributed by atoms with Crippen LogP contribution in [0.5, 0.6) is 0 Å². The zero-order valence-corrected chi connectivity index (χ0v) is 16.3. The first kappa shape index (κ1) is 19.1. The first-order valence-corrected chi connectivity index (χ1v) is 9.88. The summed E-state index contributed by atoms with van der Waals surface area (Å²) in [4.78, 5) is 27.7. The normalized spacial score (nSPS) is 22.6. The van der Waals surface area contributed by atoms with Crippen LogP contribution >= 0.6 is 0 Å². The van der Waals surface area contributed by atoms with Crippen molar-refractivity contribution in [1.82, 2.24) is 25.3 Å². The predicted molar refractivity (Wildman–Crippen MR) is 97.8 cm³/mol. The molecule has 154 valence electrons. The largest absolute Gasteiger partial charge is 0.347 e. The van der Waals surface area contributed by atoms with Crippen molar-refractivity contribution in [1.29, 1.82) is 0 Å². The van der Waals surface area contributed by atoms with Crippen LogP contribution in [0.4, 0.5) is 13.6 Å².